The van der Waals surface area contributed by atoms with Gasteiger partial charge in [-0.15, -0.1) is 0 Å². The summed E-state index contributed by atoms with van der Waals surface area (Å²) in [6.07, 6.45) is 0.595. The molecule has 1 amide bonds. The van der Waals surface area contributed by atoms with Gasteiger partial charge in [-0.3, -0.25) is 9.78 Å². The Morgan fingerprint density at radius 1 is 1.29 bits per heavy atom. The summed E-state index contributed by atoms with van der Waals surface area (Å²) in [7, 11) is 1.47. The third-order valence-electron chi connectivity index (χ3n) is 2.70. The lowest BCUT2D eigenvalue weighted by molar-refractivity contribution is -0.137. The highest BCUT2D eigenvalue weighted by atomic mass is 19.4. The van der Waals surface area contributed by atoms with Gasteiger partial charge in [-0.2, -0.15) is 13.2 Å². The molecule has 0 unspecified atom stereocenters. The van der Waals surface area contributed by atoms with Crippen LogP contribution in [0.15, 0.2) is 37.1 Å². The first-order valence-corrected chi connectivity index (χ1v) is 5.90. The zero-order valence-electron chi connectivity index (χ0n) is 11.0. The molecule has 0 fully saturated rings. The van der Waals surface area contributed by atoms with Gasteiger partial charge in [0.25, 0.3) is 5.91 Å². The van der Waals surface area contributed by atoms with Crippen LogP contribution in [0.3, 0.4) is 0 Å². The van der Waals surface area contributed by atoms with E-state index < -0.39 is 17.6 Å². The molecule has 0 spiro atoms. The lowest BCUT2D eigenvalue weighted by Gasteiger charge is -2.17. The van der Waals surface area contributed by atoms with Gasteiger partial charge in [0, 0.05) is 25.6 Å². The van der Waals surface area contributed by atoms with Crippen LogP contribution in [-0.2, 0) is 12.7 Å². The lowest BCUT2D eigenvalue weighted by atomic mass is 10.2. The van der Waals surface area contributed by atoms with Crippen LogP contribution in [0.25, 0.3) is 0 Å². The van der Waals surface area contributed by atoms with Crippen LogP contribution in [0.2, 0.25) is 0 Å². The Labute approximate surface area is 118 Å². The monoisotopic (exact) mass is 296 g/mol. The van der Waals surface area contributed by atoms with Crippen LogP contribution >= 0.6 is 0 Å². The third-order valence-corrected chi connectivity index (χ3v) is 2.70. The molecule has 0 saturated heterocycles. The molecule has 21 heavy (non-hydrogen) atoms. The zero-order valence-corrected chi connectivity index (χ0v) is 11.0. The minimum atomic E-state index is -4.44. The fraction of sp³-hybridized carbons (Fsp3) is 0.231. The van der Waals surface area contributed by atoms with E-state index in [1.54, 1.807) is 0 Å². The van der Waals surface area contributed by atoms with Crippen molar-refractivity contribution in [3.63, 3.8) is 0 Å². The fourth-order valence-electron chi connectivity index (χ4n) is 1.69. The van der Waals surface area contributed by atoms with Gasteiger partial charge < -0.3 is 4.90 Å². The summed E-state index contributed by atoms with van der Waals surface area (Å²) >= 11 is 0. The highest BCUT2D eigenvalue weighted by molar-refractivity contribution is 5.93. The molecular formula is C13H11F3N4O. The summed E-state index contributed by atoms with van der Waals surface area (Å²) < 4.78 is 37.8. The highest BCUT2D eigenvalue weighted by Gasteiger charge is 2.30. The number of carbonyl (C=O) groups is 1. The molecule has 110 valence electrons. The SMILES string of the molecule is CN(Cc1cc(C(F)(F)F)ccn1)C(=O)c1cncnc1. The Morgan fingerprint density at radius 3 is 2.57 bits per heavy atom. The maximum absolute atomic E-state index is 12.6. The molecule has 2 aromatic rings. The van der Waals surface area contributed by atoms with E-state index in [9.17, 15) is 18.0 Å². The van der Waals surface area contributed by atoms with Crippen molar-refractivity contribution in [1.82, 2.24) is 19.9 Å². The zero-order chi connectivity index (χ0) is 15.5. The summed E-state index contributed by atoms with van der Waals surface area (Å²) in [5.41, 5.74) is -0.388. The average Bonchev–Trinajstić information content (AvgIpc) is 2.47. The van der Waals surface area contributed by atoms with Crippen LogP contribution in [0.5, 0.6) is 0 Å². The molecule has 2 heterocycles. The number of alkyl halides is 3. The van der Waals surface area contributed by atoms with Crippen LogP contribution in [0, 0.1) is 0 Å². The van der Waals surface area contributed by atoms with E-state index in [2.05, 4.69) is 15.0 Å². The van der Waals surface area contributed by atoms with Crippen LogP contribution in [0.4, 0.5) is 13.2 Å². The number of hydrogen-bond donors (Lipinski definition) is 0. The first-order chi connectivity index (χ1) is 9.88. The molecule has 0 bridgehead atoms. The van der Waals surface area contributed by atoms with E-state index in [1.807, 2.05) is 0 Å². The van der Waals surface area contributed by atoms with Gasteiger partial charge in [-0.05, 0) is 12.1 Å². The molecule has 2 rings (SSSR count). The molecule has 0 aromatic carbocycles. The van der Waals surface area contributed by atoms with Crippen molar-refractivity contribution < 1.29 is 18.0 Å². The summed E-state index contributed by atoms with van der Waals surface area (Å²) in [6.45, 7) is -0.0440. The standard InChI is InChI=1S/C13H11F3N4O/c1-20(12(21)9-5-17-8-18-6-9)7-11-4-10(2-3-19-11)13(14,15)16/h2-6,8H,7H2,1H3. The Morgan fingerprint density at radius 2 is 1.95 bits per heavy atom. The smallest absolute Gasteiger partial charge is 0.336 e. The molecule has 2 aromatic heterocycles. The van der Waals surface area contributed by atoms with E-state index >= 15 is 0 Å². The number of amides is 1. The number of nitrogens with zero attached hydrogens (tertiary/aromatic N) is 4. The summed E-state index contributed by atoms with van der Waals surface area (Å²) in [6, 6.07) is 1.81. The number of rotatable bonds is 3. The molecular weight excluding hydrogens is 285 g/mol. The number of hydrogen-bond acceptors (Lipinski definition) is 4. The normalized spacial score (nSPS) is 11.2. The third kappa shape index (κ3) is 3.74. The number of pyridine rings is 1. The minimum Gasteiger partial charge on any atom is -0.336 e. The Hall–Kier alpha value is -2.51. The fourth-order valence-corrected chi connectivity index (χ4v) is 1.69. The first-order valence-electron chi connectivity index (χ1n) is 5.90. The summed E-state index contributed by atoms with van der Waals surface area (Å²) in [5.74, 6) is -0.394. The topological polar surface area (TPSA) is 59.0 Å². The number of halogens is 3. The largest absolute Gasteiger partial charge is 0.416 e. The van der Waals surface area contributed by atoms with Crippen molar-refractivity contribution in [3.05, 3.63) is 53.9 Å². The summed E-state index contributed by atoms with van der Waals surface area (Å²) in [5, 5.41) is 0. The molecule has 0 atom stereocenters. The second-order valence-corrected chi connectivity index (χ2v) is 4.32. The van der Waals surface area contributed by atoms with Gasteiger partial charge in [0.05, 0.1) is 23.4 Å². The average molecular weight is 296 g/mol. The van der Waals surface area contributed by atoms with Crippen LogP contribution in [-0.4, -0.2) is 32.8 Å². The van der Waals surface area contributed by atoms with E-state index in [0.717, 1.165) is 18.3 Å². The van der Waals surface area contributed by atoms with Crippen molar-refractivity contribution in [2.75, 3.05) is 7.05 Å². The van der Waals surface area contributed by atoms with Gasteiger partial charge in [0.2, 0.25) is 0 Å². The van der Waals surface area contributed by atoms with Crippen LogP contribution in [0.1, 0.15) is 21.6 Å². The van der Waals surface area contributed by atoms with Gasteiger partial charge in [-0.25, -0.2) is 9.97 Å². The molecule has 0 aliphatic heterocycles. The highest BCUT2D eigenvalue weighted by Crippen LogP contribution is 2.29. The number of aromatic nitrogens is 3. The molecule has 0 aliphatic rings. The predicted octanol–water partition coefficient (Wildman–Crippen LogP) is 2.16. The van der Waals surface area contributed by atoms with Gasteiger partial charge >= 0.3 is 6.18 Å². The van der Waals surface area contributed by atoms with E-state index in [1.165, 1.54) is 30.7 Å². The molecule has 8 heteroatoms. The second kappa shape index (κ2) is 5.86. The first kappa shape index (κ1) is 14.9. The van der Waals surface area contributed by atoms with Crippen molar-refractivity contribution >= 4 is 5.91 Å². The van der Waals surface area contributed by atoms with Crippen molar-refractivity contribution in [1.29, 1.82) is 0 Å². The Bertz CT molecular complexity index is 631. The Balaban J connectivity index is 2.13. The minimum absolute atomic E-state index is 0.0440. The Kier molecular flexibility index (Phi) is 4.15. The molecule has 0 saturated carbocycles. The quantitative estimate of drug-likeness (QED) is 0.871. The lowest BCUT2D eigenvalue weighted by Crippen LogP contribution is -2.27. The second-order valence-electron chi connectivity index (χ2n) is 4.32. The van der Waals surface area contributed by atoms with Crippen molar-refractivity contribution in [2.45, 2.75) is 12.7 Å². The predicted molar refractivity (Wildman–Crippen MR) is 67.1 cm³/mol. The maximum Gasteiger partial charge on any atom is 0.416 e. The molecule has 0 N–H and O–H groups in total. The van der Waals surface area contributed by atoms with E-state index in [-0.39, 0.29) is 17.8 Å². The van der Waals surface area contributed by atoms with Crippen LogP contribution < -0.4 is 0 Å². The van der Waals surface area contributed by atoms with E-state index in [0.29, 0.717) is 0 Å². The van der Waals surface area contributed by atoms with Gasteiger partial charge in [-0.1, -0.05) is 0 Å². The van der Waals surface area contributed by atoms with E-state index in [4.69, 9.17) is 0 Å². The maximum atomic E-state index is 12.6. The van der Waals surface area contributed by atoms with Crippen molar-refractivity contribution in [3.8, 4) is 0 Å². The van der Waals surface area contributed by atoms with Gasteiger partial charge in [0.15, 0.2) is 0 Å². The van der Waals surface area contributed by atoms with Crippen molar-refractivity contribution in [2.24, 2.45) is 0 Å². The molecule has 0 aliphatic carbocycles. The molecule has 0 radical (unpaired) electrons. The number of carbonyl (C=O) groups excluding carboxylic acids is 1. The summed E-state index contributed by atoms with van der Waals surface area (Å²) in [4.78, 5) is 24.6. The van der Waals surface area contributed by atoms with Gasteiger partial charge in [0.1, 0.15) is 6.33 Å². The molecule has 5 nitrogen and oxygen atoms in total.